The van der Waals surface area contributed by atoms with Crippen molar-refractivity contribution in [2.24, 2.45) is 0 Å². The van der Waals surface area contributed by atoms with Gasteiger partial charge in [0.05, 0.1) is 0 Å². The molecule has 1 atom stereocenters. The molecule has 1 aromatic heterocycles. The highest BCUT2D eigenvalue weighted by atomic mass is 79.9. The van der Waals surface area contributed by atoms with E-state index in [2.05, 4.69) is 32.2 Å². The molecular weight excluding hydrogens is 380 g/mol. The molecule has 3 rings (SSSR count). The molecule has 0 fully saturated rings. The van der Waals surface area contributed by atoms with Gasteiger partial charge in [-0.05, 0) is 41.8 Å². The van der Waals surface area contributed by atoms with Gasteiger partial charge in [0.2, 0.25) is 0 Å². The summed E-state index contributed by atoms with van der Waals surface area (Å²) in [4.78, 5) is 23.8. The maximum Gasteiger partial charge on any atom is 0.264 e. The molecule has 0 aliphatic rings. The van der Waals surface area contributed by atoms with Crippen LogP contribution in [0, 0.1) is 6.92 Å². The number of aromatic amines is 1. The second-order valence-corrected chi connectivity index (χ2v) is 6.81. The van der Waals surface area contributed by atoms with Crippen LogP contribution in [0.2, 0.25) is 0 Å². The molecule has 5 heteroatoms. The van der Waals surface area contributed by atoms with E-state index in [-0.39, 0.29) is 29.4 Å². The van der Waals surface area contributed by atoms with Crippen LogP contribution in [0.15, 0.2) is 69.9 Å². The maximum atomic E-state index is 12.7. The third-order valence-electron chi connectivity index (χ3n) is 4.19. The van der Waals surface area contributed by atoms with Crippen molar-refractivity contribution < 1.29 is 4.79 Å². The van der Waals surface area contributed by atoms with Crippen LogP contribution >= 0.6 is 15.9 Å². The fourth-order valence-corrected chi connectivity index (χ4v) is 3.13. The highest BCUT2D eigenvalue weighted by Gasteiger charge is 2.21. The topological polar surface area (TPSA) is 62.8 Å². The number of hydrogen-bond acceptors (Lipinski definition) is 3. The molecule has 1 heterocycles. The monoisotopic (exact) mass is 396 g/mol. The fraction of sp³-hybridized carbons (Fsp3) is 0.150. The van der Waals surface area contributed by atoms with Crippen molar-refractivity contribution in [3.63, 3.8) is 0 Å². The van der Waals surface area contributed by atoms with Gasteiger partial charge in [0.15, 0.2) is 5.78 Å². The predicted octanol–water partition coefficient (Wildman–Crippen LogP) is 4.25. The number of H-pyrrole nitrogens is 1. The van der Waals surface area contributed by atoms with Crippen LogP contribution in [-0.2, 0) is 0 Å². The summed E-state index contributed by atoms with van der Waals surface area (Å²) >= 11 is 3.45. The Labute approximate surface area is 154 Å². The molecule has 0 bridgehead atoms. The van der Waals surface area contributed by atoms with Gasteiger partial charge in [-0.25, -0.2) is 5.10 Å². The summed E-state index contributed by atoms with van der Waals surface area (Å²) in [6.07, 6.45) is 0.283. The van der Waals surface area contributed by atoms with Gasteiger partial charge < -0.3 is 0 Å². The molecule has 0 unspecified atom stereocenters. The lowest BCUT2D eigenvalue weighted by atomic mass is 9.84. The molecule has 0 amide bonds. The van der Waals surface area contributed by atoms with E-state index in [1.165, 1.54) is 12.1 Å². The number of rotatable bonds is 5. The van der Waals surface area contributed by atoms with Gasteiger partial charge in [-0.2, -0.15) is 5.10 Å². The van der Waals surface area contributed by atoms with Crippen LogP contribution in [0.4, 0.5) is 0 Å². The molecule has 25 heavy (non-hydrogen) atoms. The zero-order chi connectivity index (χ0) is 17.8. The second kappa shape index (κ2) is 7.57. The van der Waals surface area contributed by atoms with Crippen molar-refractivity contribution >= 4 is 21.7 Å². The number of Topliss-reactive ketones (excluding diaryl/α,β-unsaturated/α-hetero) is 1. The number of hydrogen-bond donors (Lipinski definition) is 1. The van der Waals surface area contributed by atoms with Crippen LogP contribution in [0.1, 0.15) is 39.5 Å². The Morgan fingerprint density at radius 3 is 2.44 bits per heavy atom. The lowest BCUT2D eigenvalue weighted by molar-refractivity contribution is 0.0971. The number of carbonyl (C=O) groups excluding carboxylic acids is 1. The maximum absolute atomic E-state index is 12.7. The van der Waals surface area contributed by atoms with Crippen molar-refractivity contribution in [2.45, 2.75) is 19.3 Å². The molecule has 0 aliphatic carbocycles. The van der Waals surface area contributed by atoms with Crippen molar-refractivity contribution in [2.75, 3.05) is 0 Å². The van der Waals surface area contributed by atoms with Gasteiger partial charge in [0.1, 0.15) is 5.69 Å². The summed E-state index contributed by atoms with van der Waals surface area (Å²) in [5.74, 6) is -0.178. The summed E-state index contributed by atoms with van der Waals surface area (Å²) in [6.45, 7) is 2.05. The van der Waals surface area contributed by atoms with Gasteiger partial charge in [0.25, 0.3) is 5.56 Å². The number of benzene rings is 2. The van der Waals surface area contributed by atoms with Gasteiger partial charge in [-0.15, -0.1) is 0 Å². The first kappa shape index (κ1) is 17.3. The molecule has 3 aromatic rings. The van der Waals surface area contributed by atoms with Crippen LogP contribution < -0.4 is 5.56 Å². The summed E-state index contributed by atoms with van der Waals surface area (Å²) in [5, 5.41) is 6.18. The van der Waals surface area contributed by atoms with Crippen molar-refractivity contribution in [1.29, 1.82) is 0 Å². The number of nitrogens with zero attached hydrogens (tertiary/aromatic N) is 1. The SMILES string of the molecule is Cc1ccccc1[C@H](CC(=O)c1ccc(=O)[nH]n1)c1ccc(Br)cc1. The third kappa shape index (κ3) is 4.12. The predicted molar refractivity (Wildman–Crippen MR) is 101 cm³/mol. The van der Waals surface area contributed by atoms with E-state index in [9.17, 15) is 9.59 Å². The van der Waals surface area contributed by atoms with Gasteiger partial charge in [-0.3, -0.25) is 9.59 Å². The lowest BCUT2D eigenvalue weighted by Crippen LogP contribution is -2.15. The minimum absolute atomic E-state index is 0.0736. The van der Waals surface area contributed by atoms with Crippen LogP contribution in [0.3, 0.4) is 0 Å². The van der Waals surface area contributed by atoms with E-state index in [1.807, 2.05) is 49.4 Å². The zero-order valence-electron chi connectivity index (χ0n) is 13.7. The first-order valence-corrected chi connectivity index (χ1v) is 8.74. The summed E-state index contributed by atoms with van der Waals surface area (Å²) in [5.41, 5.74) is 3.27. The minimum atomic E-state index is -0.320. The summed E-state index contributed by atoms with van der Waals surface area (Å²) in [7, 11) is 0. The number of ketones is 1. The second-order valence-electron chi connectivity index (χ2n) is 5.89. The molecule has 1 N–H and O–H groups in total. The largest absolute Gasteiger partial charge is 0.292 e. The van der Waals surface area contributed by atoms with E-state index in [1.54, 1.807) is 0 Å². The van der Waals surface area contributed by atoms with E-state index in [4.69, 9.17) is 0 Å². The lowest BCUT2D eigenvalue weighted by Gasteiger charge is -2.19. The Morgan fingerprint density at radius 2 is 1.80 bits per heavy atom. The standard InChI is InChI=1S/C20H17BrN2O2/c1-13-4-2-3-5-16(13)17(14-6-8-15(21)9-7-14)12-19(24)18-10-11-20(25)23-22-18/h2-11,17H,12H2,1H3,(H,23,25)/t17-/m1/s1. The number of carbonyl (C=O) groups is 1. The third-order valence-corrected chi connectivity index (χ3v) is 4.72. The van der Waals surface area contributed by atoms with Crippen molar-refractivity contribution in [3.05, 3.63) is 97.9 Å². The minimum Gasteiger partial charge on any atom is -0.292 e. The molecule has 0 saturated heterocycles. The van der Waals surface area contributed by atoms with Crippen LogP contribution in [-0.4, -0.2) is 16.0 Å². The smallest absolute Gasteiger partial charge is 0.264 e. The molecule has 2 aromatic carbocycles. The van der Waals surface area contributed by atoms with E-state index >= 15 is 0 Å². The highest BCUT2D eigenvalue weighted by Crippen LogP contribution is 2.32. The number of halogens is 1. The quantitative estimate of drug-likeness (QED) is 0.655. The van der Waals surface area contributed by atoms with Crippen molar-refractivity contribution in [1.82, 2.24) is 10.2 Å². The Bertz CT molecular complexity index is 928. The molecule has 0 spiro atoms. The van der Waals surface area contributed by atoms with Crippen molar-refractivity contribution in [3.8, 4) is 0 Å². The average molecular weight is 397 g/mol. The number of aromatic nitrogens is 2. The first-order valence-electron chi connectivity index (χ1n) is 7.94. The fourth-order valence-electron chi connectivity index (χ4n) is 2.87. The Balaban J connectivity index is 1.98. The molecule has 0 radical (unpaired) electrons. The Kier molecular flexibility index (Phi) is 5.24. The first-order chi connectivity index (χ1) is 12.0. The normalized spacial score (nSPS) is 11.9. The Morgan fingerprint density at radius 1 is 1.08 bits per heavy atom. The van der Waals surface area contributed by atoms with Gasteiger partial charge in [0, 0.05) is 22.9 Å². The number of nitrogens with one attached hydrogen (secondary N) is 1. The van der Waals surface area contributed by atoms with Crippen LogP contribution in [0.5, 0.6) is 0 Å². The average Bonchev–Trinajstić information content (AvgIpc) is 2.62. The zero-order valence-corrected chi connectivity index (χ0v) is 15.3. The van der Waals surface area contributed by atoms with E-state index in [0.717, 1.165) is 21.2 Å². The molecule has 4 nitrogen and oxygen atoms in total. The molecule has 0 saturated carbocycles. The molecule has 0 aliphatic heterocycles. The van der Waals surface area contributed by atoms with Gasteiger partial charge in [-0.1, -0.05) is 52.3 Å². The molecule has 126 valence electrons. The van der Waals surface area contributed by atoms with Crippen LogP contribution in [0.25, 0.3) is 0 Å². The van der Waals surface area contributed by atoms with E-state index < -0.39 is 0 Å². The summed E-state index contributed by atoms with van der Waals surface area (Å²) < 4.78 is 0.994. The Hall–Kier alpha value is -2.53. The van der Waals surface area contributed by atoms with Gasteiger partial charge >= 0.3 is 0 Å². The highest BCUT2D eigenvalue weighted by molar-refractivity contribution is 9.10. The molecular formula is C20H17BrN2O2. The number of aryl methyl sites for hydroxylation is 1. The van der Waals surface area contributed by atoms with E-state index in [0.29, 0.717) is 0 Å². The summed E-state index contributed by atoms with van der Waals surface area (Å²) in [6, 6.07) is 18.9.